The third-order valence-electron chi connectivity index (χ3n) is 4.21. The van der Waals surface area contributed by atoms with Gasteiger partial charge in [0, 0.05) is 12.1 Å². The normalized spacial score (nSPS) is 16.7. The summed E-state index contributed by atoms with van der Waals surface area (Å²) in [7, 11) is 0. The van der Waals surface area contributed by atoms with E-state index < -0.39 is 0 Å². The Morgan fingerprint density at radius 3 is 1.73 bits per heavy atom. The molecule has 3 aromatic carbocycles. The SMILES string of the molecule is c1ccc(-c2ccc(C3=NC(c4ccccc4)C3)cc2)cc1. The molecule has 3 aromatic rings. The van der Waals surface area contributed by atoms with Crippen LogP contribution in [0.2, 0.25) is 0 Å². The van der Waals surface area contributed by atoms with Gasteiger partial charge in [0.2, 0.25) is 0 Å². The molecule has 0 amide bonds. The Balaban J connectivity index is 1.53. The van der Waals surface area contributed by atoms with Gasteiger partial charge in [-0.25, -0.2) is 0 Å². The zero-order valence-electron chi connectivity index (χ0n) is 12.3. The van der Waals surface area contributed by atoms with Crippen molar-refractivity contribution in [3.63, 3.8) is 0 Å². The monoisotopic (exact) mass is 283 g/mol. The van der Waals surface area contributed by atoms with E-state index in [2.05, 4.69) is 78.9 Å². The Kier molecular flexibility index (Phi) is 3.32. The van der Waals surface area contributed by atoms with Crippen molar-refractivity contribution in [2.24, 2.45) is 4.99 Å². The van der Waals surface area contributed by atoms with E-state index in [4.69, 9.17) is 4.99 Å². The second kappa shape index (κ2) is 5.61. The molecular formula is C21H17N. The number of hydrogen-bond donors (Lipinski definition) is 0. The average molecular weight is 283 g/mol. The zero-order valence-corrected chi connectivity index (χ0v) is 12.3. The first-order chi connectivity index (χ1) is 10.9. The van der Waals surface area contributed by atoms with Crippen molar-refractivity contribution in [3.8, 4) is 11.1 Å². The molecule has 1 nitrogen and oxygen atoms in total. The molecule has 1 heteroatoms. The molecule has 4 rings (SSSR count). The summed E-state index contributed by atoms with van der Waals surface area (Å²) < 4.78 is 0. The van der Waals surface area contributed by atoms with Crippen LogP contribution in [0.5, 0.6) is 0 Å². The van der Waals surface area contributed by atoms with Gasteiger partial charge in [0.15, 0.2) is 0 Å². The molecule has 1 aliphatic rings. The minimum Gasteiger partial charge on any atom is -0.281 e. The minimum atomic E-state index is 0.338. The zero-order chi connectivity index (χ0) is 14.8. The molecule has 1 heterocycles. The van der Waals surface area contributed by atoms with Crippen molar-refractivity contribution in [2.75, 3.05) is 0 Å². The standard InChI is InChI=1S/C21H17N/c1-3-7-16(8-4-1)17-11-13-19(14-12-17)21-15-20(22-21)18-9-5-2-6-10-18/h1-14,20H,15H2. The first kappa shape index (κ1) is 13.0. The number of nitrogens with zero attached hydrogens (tertiary/aromatic N) is 1. The summed E-state index contributed by atoms with van der Waals surface area (Å²) in [6, 6.07) is 30.1. The first-order valence-electron chi connectivity index (χ1n) is 7.68. The number of rotatable bonds is 3. The van der Waals surface area contributed by atoms with E-state index in [9.17, 15) is 0 Å². The Morgan fingerprint density at radius 2 is 1.09 bits per heavy atom. The highest BCUT2D eigenvalue weighted by molar-refractivity contribution is 6.04. The van der Waals surface area contributed by atoms with E-state index in [1.807, 2.05) is 6.07 Å². The first-order valence-corrected chi connectivity index (χ1v) is 7.68. The van der Waals surface area contributed by atoms with E-state index in [1.165, 1.54) is 28.0 Å². The second-order valence-corrected chi connectivity index (χ2v) is 5.65. The highest BCUT2D eigenvalue weighted by Crippen LogP contribution is 2.32. The number of benzene rings is 3. The average Bonchev–Trinajstić information content (AvgIpc) is 2.56. The van der Waals surface area contributed by atoms with E-state index in [-0.39, 0.29) is 0 Å². The van der Waals surface area contributed by atoms with E-state index in [1.54, 1.807) is 0 Å². The fourth-order valence-electron chi connectivity index (χ4n) is 2.90. The predicted molar refractivity (Wildman–Crippen MR) is 92.2 cm³/mol. The summed E-state index contributed by atoms with van der Waals surface area (Å²) in [6.45, 7) is 0. The van der Waals surface area contributed by atoms with Gasteiger partial charge in [-0.3, -0.25) is 4.99 Å². The van der Waals surface area contributed by atoms with Crippen LogP contribution in [-0.2, 0) is 0 Å². The van der Waals surface area contributed by atoms with Crippen molar-refractivity contribution in [2.45, 2.75) is 12.5 Å². The van der Waals surface area contributed by atoms with Gasteiger partial charge in [0.05, 0.1) is 6.04 Å². The van der Waals surface area contributed by atoms with E-state index >= 15 is 0 Å². The van der Waals surface area contributed by atoms with Crippen LogP contribution in [0, 0.1) is 0 Å². The molecule has 0 radical (unpaired) electrons. The molecular weight excluding hydrogens is 266 g/mol. The maximum atomic E-state index is 4.78. The van der Waals surface area contributed by atoms with Gasteiger partial charge in [0.25, 0.3) is 0 Å². The summed E-state index contributed by atoms with van der Waals surface area (Å²) in [5, 5.41) is 0. The maximum absolute atomic E-state index is 4.78. The summed E-state index contributed by atoms with van der Waals surface area (Å²) in [4.78, 5) is 4.78. The van der Waals surface area contributed by atoms with Crippen LogP contribution in [0.25, 0.3) is 11.1 Å². The lowest BCUT2D eigenvalue weighted by Crippen LogP contribution is -2.18. The van der Waals surface area contributed by atoms with Gasteiger partial charge in [-0.2, -0.15) is 0 Å². The van der Waals surface area contributed by atoms with Crippen LogP contribution < -0.4 is 0 Å². The summed E-state index contributed by atoms with van der Waals surface area (Å²) in [5.74, 6) is 0. The highest BCUT2D eigenvalue weighted by Gasteiger charge is 2.23. The Labute approximate surface area is 131 Å². The van der Waals surface area contributed by atoms with Crippen LogP contribution in [0.3, 0.4) is 0 Å². The molecule has 0 saturated carbocycles. The van der Waals surface area contributed by atoms with E-state index in [0.29, 0.717) is 6.04 Å². The largest absolute Gasteiger partial charge is 0.281 e. The van der Waals surface area contributed by atoms with Gasteiger partial charge in [0.1, 0.15) is 0 Å². The van der Waals surface area contributed by atoms with Crippen LogP contribution in [-0.4, -0.2) is 5.71 Å². The van der Waals surface area contributed by atoms with Gasteiger partial charge < -0.3 is 0 Å². The molecule has 0 aromatic heterocycles. The summed E-state index contributed by atoms with van der Waals surface area (Å²) >= 11 is 0. The third-order valence-corrected chi connectivity index (χ3v) is 4.21. The molecule has 0 saturated heterocycles. The fourth-order valence-corrected chi connectivity index (χ4v) is 2.90. The van der Waals surface area contributed by atoms with Crippen LogP contribution >= 0.6 is 0 Å². The molecule has 0 N–H and O–H groups in total. The van der Waals surface area contributed by atoms with E-state index in [0.717, 1.165) is 6.42 Å². The second-order valence-electron chi connectivity index (χ2n) is 5.65. The van der Waals surface area contributed by atoms with Crippen molar-refractivity contribution < 1.29 is 0 Å². The van der Waals surface area contributed by atoms with Crippen molar-refractivity contribution in [1.29, 1.82) is 0 Å². The van der Waals surface area contributed by atoms with Crippen molar-refractivity contribution in [3.05, 3.63) is 96.1 Å². The van der Waals surface area contributed by atoms with Crippen molar-refractivity contribution in [1.82, 2.24) is 0 Å². The molecule has 1 aliphatic heterocycles. The van der Waals surface area contributed by atoms with Gasteiger partial charge >= 0.3 is 0 Å². The Bertz CT molecular complexity index is 786. The summed E-state index contributed by atoms with van der Waals surface area (Å²) in [5.41, 5.74) is 6.28. The topological polar surface area (TPSA) is 12.4 Å². The van der Waals surface area contributed by atoms with Crippen LogP contribution in [0.1, 0.15) is 23.6 Å². The van der Waals surface area contributed by atoms with Gasteiger partial charge in [-0.05, 0) is 22.3 Å². The van der Waals surface area contributed by atoms with Gasteiger partial charge in [-0.15, -0.1) is 0 Å². The number of aliphatic imine (C=N–C) groups is 1. The molecule has 106 valence electrons. The molecule has 1 atom stereocenters. The lowest BCUT2D eigenvalue weighted by atomic mass is 9.91. The quantitative estimate of drug-likeness (QED) is 0.619. The Hall–Kier alpha value is -2.67. The Morgan fingerprint density at radius 1 is 0.591 bits per heavy atom. The lowest BCUT2D eigenvalue weighted by molar-refractivity contribution is 0.699. The fraction of sp³-hybridized carbons (Fsp3) is 0.0952. The molecule has 0 spiro atoms. The molecule has 22 heavy (non-hydrogen) atoms. The lowest BCUT2D eigenvalue weighted by Gasteiger charge is -2.25. The molecule has 0 aliphatic carbocycles. The van der Waals surface area contributed by atoms with Crippen LogP contribution in [0.4, 0.5) is 0 Å². The maximum Gasteiger partial charge on any atom is 0.0807 e. The minimum absolute atomic E-state index is 0.338. The van der Waals surface area contributed by atoms with Gasteiger partial charge in [-0.1, -0.05) is 84.9 Å². The summed E-state index contributed by atoms with van der Waals surface area (Å²) in [6.07, 6.45) is 1.04. The molecule has 1 unspecified atom stereocenters. The molecule has 0 bridgehead atoms. The van der Waals surface area contributed by atoms with Crippen LogP contribution in [0.15, 0.2) is 89.9 Å². The smallest absolute Gasteiger partial charge is 0.0807 e. The third kappa shape index (κ3) is 2.46. The van der Waals surface area contributed by atoms with Crippen molar-refractivity contribution >= 4 is 5.71 Å². The molecule has 0 fully saturated rings. The highest BCUT2D eigenvalue weighted by atomic mass is 14.9. The predicted octanol–water partition coefficient (Wildman–Crippen LogP) is 5.29. The number of hydrogen-bond acceptors (Lipinski definition) is 1.